The molecule has 0 atom stereocenters. The Morgan fingerprint density at radius 3 is 2.50 bits per heavy atom. The van der Waals surface area contributed by atoms with Crippen LogP contribution in [0.4, 0.5) is 5.82 Å². The number of anilines is 1. The first-order chi connectivity index (χ1) is 15.5. The predicted molar refractivity (Wildman–Crippen MR) is 124 cm³/mol. The Morgan fingerprint density at radius 2 is 1.78 bits per heavy atom. The van der Waals surface area contributed by atoms with Crippen molar-refractivity contribution in [1.29, 1.82) is 0 Å². The van der Waals surface area contributed by atoms with Crippen molar-refractivity contribution in [1.82, 2.24) is 15.0 Å². The van der Waals surface area contributed by atoms with Gasteiger partial charge >= 0.3 is 0 Å². The first kappa shape index (κ1) is 19.9. The van der Waals surface area contributed by atoms with Crippen LogP contribution in [0.5, 0.6) is 5.75 Å². The minimum absolute atomic E-state index is 0.370. The molecule has 2 aromatic heterocycles. The van der Waals surface area contributed by atoms with Gasteiger partial charge in [-0.05, 0) is 24.6 Å². The van der Waals surface area contributed by atoms with Crippen molar-refractivity contribution < 1.29 is 14.3 Å². The molecule has 0 bridgehead atoms. The molecule has 0 saturated carbocycles. The maximum absolute atomic E-state index is 12.5. The van der Waals surface area contributed by atoms with Crippen molar-refractivity contribution in [3.63, 3.8) is 0 Å². The highest BCUT2D eigenvalue weighted by molar-refractivity contribution is 7.17. The maximum atomic E-state index is 12.5. The molecule has 5 rings (SSSR count). The number of hydrazine groups is 1. The summed E-state index contributed by atoms with van der Waals surface area (Å²) in [6.45, 7) is 1.61. The smallest absolute Gasteiger partial charge is 0.275 e. The Bertz CT molecular complexity index is 1400. The van der Waals surface area contributed by atoms with Gasteiger partial charge in [0, 0.05) is 28.2 Å². The molecule has 3 heterocycles. The van der Waals surface area contributed by atoms with E-state index in [1.807, 2.05) is 60.0 Å². The molecule has 1 N–H and O–H groups in total. The van der Waals surface area contributed by atoms with E-state index >= 15 is 0 Å². The quantitative estimate of drug-likeness (QED) is 0.452. The molecule has 0 fully saturated rings. The van der Waals surface area contributed by atoms with Gasteiger partial charge in [-0.15, -0.1) is 11.3 Å². The first-order valence-electron chi connectivity index (χ1n) is 9.87. The van der Waals surface area contributed by atoms with Gasteiger partial charge in [0.05, 0.1) is 12.5 Å². The van der Waals surface area contributed by atoms with E-state index in [2.05, 4.69) is 5.43 Å². The predicted octanol–water partition coefficient (Wildman–Crippen LogP) is 4.68. The summed E-state index contributed by atoms with van der Waals surface area (Å²) in [7, 11) is 1.60. The van der Waals surface area contributed by atoms with Crippen LogP contribution in [0, 0.1) is 0 Å². The van der Waals surface area contributed by atoms with E-state index in [0.29, 0.717) is 23.0 Å². The van der Waals surface area contributed by atoms with Crippen LogP contribution in [0.25, 0.3) is 32.7 Å². The Morgan fingerprint density at radius 1 is 1.00 bits per heavy atom. The fraction of sp³-hybridized carbons (Fsp3) is 0.0833. The third-order valence-corrected chi connectivity index (χ3v) is 6.04. The molecule has 8 heteroatoms. The standard InChI is InChI=1S/C24H18N4O3S/c1-14-11-19(29)28(24(14)30)27-22-20-18(15-7-4-3-5-8-15)13-32-23(20)26-21(25-22)16-9-6-10-17(12-16)31-2/h3-13H,1-2H3,(H,25,26,27). The van der Waals surface area contributed by atoms with Gasteiger partial charge in [0.25, 0.3) is 11.8 Å². The number of imide groups is 1. The third kappa shape index (κ3) is 3.40. The number of nitrogens with zero attached hydrogens (tertiary/aromatic N) is 3. The molecule has 0 unspecified atom stereocenters. The van der Waals surface area contributed by atoms with Crippen LogP contribution in [-0.4, -0.2) is 33.9 Å². The number of fused-ring (bicyclic) bond motifs is 1. The number of thiophene rings is 1. The highest BCUT2D eigenvalue weighted by atomic mass is 32.1. The molecular formula is C24H18N4O3S. The summed E-state index contributed by atoms with van der Waals surface area (Å²) in [6, 6.07) is 17.3. The minimum atomic E-state index is -0.432. The molecule has 7 nitrogen and oxygen atoms in total. The first-order valence-corrected chi connectivity index (χ1v) is 10.8. The number of carbonyl (C=O) groups is 2. The van der Waals surface area contributed by atoms with Gasteiger partial charge in [-0.25, -0.2) is 9.97 Å². The van der Waals surface area contributed by atoms with Crippen molar-refractivity contribution >= 4 is 39.2 Å². The number of amides is 2. The van der Waals surface area contributed by atoms with Crippen LogP contribution < -0.4 is 10.2 Å². The number of methoxy groups -OCH3 is 1. The summed E-state index contributed by atoms with van der Waals surface area (Å²) >= 11 is 1.48. The van der Waals surface area contributed by atoms with E-state index in [1.165, 1.54) is 17.4 Å². The van der Waals surface area contributed by atoms with Gasteiger partial charge in [0.1, 0.15) is 10.6 Å². The molecule has 1 aliphatic rings. The minimum Gasteiger partial charge on any atom is -0.497 e. The molecule has 0 spiro atoms. The second kappa shape index (κ2) is 7.90. The zero-order valence-electron chi connectivity index (χ0n) is 17.3. The Labute approximate surface area is 188 Å². The molecule has 0 saturated heterocycles. The number of aromatic nitrogens is 2. The van der Waals surface area contributed by atoms with E-state index in [-0.39, 0.29) is 0 Å². The lowest BCUT2D eigenvalue weighted by Crippen LogP contribution is -2.36. The van der Waals surface area contributed by atoms with Gasteiger partial charge in [-0.2, -0.15) is 5.01 Å². The van der Waals surface area contributed by atoms with Crippen molar-refractivity contribution in [3.05, 3.63) is 71.6 Å². The highest BCUT2D eigenvalue weighted by Gasteiger charge is 2.30. The van der Waals surface area contributed by atoms with E-state index < -0.39 is 11.8 Å². The summed E-state index contributed by atoms with van der Waals surface area (Å²) < 4.78 is 5.33. The van der Waals surface area contributed by atoms with E-state index in [1.54, 1.807) is 14.0 Å². The number of nitrogens with one attached hydrogen (secondary N) is 1. The zero-order valence-corrected chi connectivity index (χ0v) is 18.1. The molecule has 2 amide bonds. The summed E-state index contributed by atoms with van der Waals surface area (Å²) in [5, 5.41) is 3.74. The van der Waals surface area contributed by atoms with E-state index in [4.69, 9.17) is 14.7 Å². The van der Waals surface area contributed by atoms with Crippen LogP contribution in [0.1, 0.15) is 6.92 Å². The summed E-state index contributed by atoms with van der Waals surface area (Å²) in [6.07, 6.45) is 1.31. The number of benzene rings is 2. The van der Waals surface area contributed by atoms with Gasteiger partial charge in [-0.1, -0.05) is 42.5 Å². The third-order valence-electron chi connectivity index (χ3n) is 5.16. The molecular weight excluding hydrogens is 424 g/mol. The normalized spacial score (nSPS) is 13.6. The average molecular weight is 443 g/mol. The van der Waals surface area contributed by atoms with Gasteiger partial charge in [0.2, 0.25) is 0 Å². The SMILES string of the molecule is COc1cccc(-c2nc(NN3C(=O)C=C(C)C3=O)c3c(-c4ccccc4)csc3n2)c1. The fourth-order valence-corrected chi connectivity index (χ4v) is 4.49. The topological polar surface area (TPSA) is 84.4 Å². The largest absolute Gasteiger partial charge is 0.497 e. The van der Waals surface area contributed by atoms with Crippen molar-refractivity contribution in [2.24, 2.45) is 0 Å². The zero-order chi connectivity index (χ0) is 22.2. The molecule has 4 aromatic rings. The lowest BCUT2D eigenvalue weighted by molar-refractivity contribution is -0.135. The van der Waals surface area contributed by atoms with E-state index in [9.17, 15) is 9.59 Å². The van der Waals surface area contributed by atoms with Gasteiger partial charge < -0.3 is 4.74 Å². The Hall–Kier alpha value is -4.04. The summed E-state index contributed by atoms with van der Waals surface area (Å²) in [4.78, 5) is 35.1. The summed E-state index contributed by atoms with van der Waals surface area (Å²) in [5.74, 6) is 0.698. The monoisotopic (exact) mass is 442 g/mol. The lowest BCUT2D eigenvalue weighted by atomic mass is 10.1. The van der Waals surface area contributed by atoms with Crippen LogP contribution in [0.3, 0.4) is 0 Å². The Balaban J connectivity index is 1.69. The number of hydrogen-bond acceptors (Lipinski definition) is 7. The van der Waals surface area contributed by atoms with Crippen LogP contribution in [-0.2, 0) is 9.59 Å². The molecule has 158 valence electrons. The van der Waals surface area contributed by atoms with Crippen LogP contribution in [0.2, 0.25) is 0 Å². The second-order valence-corrected chi connectivity index (χ2v) is 8.10. The van der Waals surface area contributed by atoms with Crippen molar-refractivity contribution in [2.75, 3.05) is 12.5 Å². The second-order valence-electron chi connectivity index (χ2n) is 7.24. The fourth-order valence-electron chi connectivity index (χ4n) is 3.54. The molecule has 0 radical (unpaired) electrons. The highest BCUT2D eigenvalue weighted by Crippen LogP contribution is 2.38. The Kier molecular flexibility index (Phi) is 4.91. The van der Waals surface area contributed by atoms with Crippen molar-refractivity contribution in [3.8, 4) is 28.3 Å². The molecule has 2 aromatic carbocycles. The average Bonchev–Trinajstić information content (AvgIpc) is 3.36. The molecule has 0 aliphatic carbocycles. The maximum Gasteiger partial charge on any atom is 0.275 e. The lowest BCUT2D eigenvalue weighted by Gasteiger charge is -2.18. The number of ether oxygens (including phenoxy) is 1. The number of hydrogen-bond donors (Lipinski definition) is 1. The number of carbonyl (C=O) groups excluding carboxylic acids is 2. The van der Waals surface area contributed by atoms with Crippen molar-refractivity contribution in [2.45, 2.75) is 6.92 Å². The van der Waals surface area contributed by atoms with Gasteiger partial charge in [-0.3, -0.25) is 15.0 Å². The molecule has 1 aliphatic heterocycles. The van der Waals surface area contributed by atoms with Gasteiger partial charge in [0.15, 0.2) is 11.6 Å². The summed E-state index contributed by atoms with van der Waals surface area (Å²) in [5.41, 5.74) is 6.01. The van der Waals surface area contributed by atoms with Crippen LogP contribution in [0.15, 0.2) is 71.6 Å². The van der Waals surface area contributed by atoms with E-state index in [0.717, 1.165) is 31.9 Å². The van der Waals surface area contributed by atoms with Crippen LogP contribution >= 0.6 is 11.3 Å². The number of rotatable bonds is 5. The molecule has 32 heavy (non-hydrogen) atoms.